The van der Waals surface area contributed by atoms with Gasteiger partial charge in [0.25, 0.3) is 0 Å². The zero-order valence-electron chi connectivity index (χ0n) is 9.25. The molecular weight excluding hydrogens is 210 g/mol. The summed E-state index contributed by atoms with van der Waals surface area (Å²) in [6.07, 6.45) is 1.26. The molecule has 1 N–H and O–H groups in total. The molecule has 0 aromatic heterocycles. The molecule has 1 aliphatic heterocycles. The van der Waals surface area contributed by atoms with Gasteiger partial charge in [0.05, 0.1) is 7.11 Å². The molecule has 0 aliphatic carbocycles. The van der Waals surface area contributed by atoms with Crippen molar-refractivity contribution in [1.29, 1.82) is 0 Å². The van der Waals surface area contributed by atoms with Crippen LogP contribution in [-0.2, 0) is 0 Å². The van der Waals surface area contributed by atoms with E-state index in [0.29, 0.717) is 5.92 Å². The fraction of sp³-hybridized carbons (Fsp3) is 0.500. The van der Waals surface area contributed by atoms with Crippen molar-refractivity contribution in [1.82, 2.24) is 5.32 Å². The largest absolute Gasteiger partial charge is 0.497 e. The van der Waals surface area contributed by atoms with Crippen LogP contribution >= 0.6 is 12.4 Å². The lowest BCUT2D eigenvalue weighted by molar-refractivity contribution is 0.414. The smallest absolute Gasteiger partial charge is 0.119 e. The third-order valence-electron chi connectivity index (χ3n) is 2.98. The molecule has 0 spiro atoms. The summed E-state index contributed by atoms with van der Waals surface area (Å²) in [6, 6.07) is 6.38. The van der Waals surface area contributed by atoms with Crippen molar-refractivity contribution in [2.45, 2.75) is 19.3 Å². The number of aryl methyl sites for hydroxylation is 1. The minimum absolute atomic E-state index is 0. The molecule has 0 saturated carbocycles. The van der Waals surface area contributed by atoms with Crippen molar-refractivity contribution in [3.05, 3.63) is 29.3 Å². The maximum atomic E-state index is 5.20. The highest BCUT2D eigenvalue weighted by Gasteiger charge is 2.18. The van der Waals surface area contributed by atoms with Crippen molar-refractivity contribution in [3.8, 4) is 5.75 Å². The Hall–Kier alpha value is -0.730. The molecule has 1 saturated heterocycles. The first kappa shape index (κ1) is 12.3. The molecule has 0 amide bonds. The summed E-state index contributed by atoms with van der Waals surface area (Å²) in [4.78, 5) is 0. The van der Waals surface area contributed by atoms with E-state index in [0.717, 1.165) is 18.8 Å². The Morgan fingerprint density at radius 2 is 2.20 bits per heavy atom. The Kier molecular flexibility index (Phi) is 4.43. The molecule has 15 heavy (non-hydrogen) atoms. The molecule has 1 aromatic rings. The molecule has 1 aliphatic rings. The fourth-order valence-corrected chi connectivity index (χ4v) is 2.15. The van der Waals surface area contributed by atoms with Gasteiger partial charge in [0.1, 0.15) is 5.75 Å². The van der Waals surface area contributed by atoms with Crippen molar-refractivity contribution in [3.63, 3.8) is 0 Å². The van der Waals surface area contributed by atoms with E-state index in [-0.39, 0.29) is 12.4 Å². The lowest BCUT2D eigenvalue weighted by Gasteiger charge is -2.13. The summed E-state index contributed by atoms with van der Waals surface area (Å²) in [5, 5.41) is 3.40. The highest BCUT2D eigenvalue weighted by atomic mass is 35.5. The van der Waals surface area contributed by atoms with E-state index >= 15 is 0 Å². The number of halogens is 1. The van der Waals surface area contributed by atoms with Gasteiger partial charge in [-0.1, -0.05) is 6.07 Å². The van der Waals surface area contributed by atoms with E-state index in [2.05, 4.69) is 30.4 Å². The van der Waals surface area contributed by atoms with E-state index in [1.807, 2.05) is 0 Å². The Morgan fingerprint density at radius 3 is 2.73 bits per heavy atom. The van der Waals surface area contributed by atoms with E-state index in [4.69, 9.17) is 4.74 Å². The van der Waals surface area contributed by atoms with E-state index < -0.39 is 0 Å². The molecule has 1 fully saturated rings. The molecule has 1 atom stereocenters. The van der Waals surface area contributed by atoms with Crippen LogP contribution in [0.2, 0.25) is 0 Å². The van der Waals surface area contributed by atoms with Gasteiger partial charge < -0.3 is 10.1 Å². The summed E-state index contributed by atoms with van der Waals surface area (Å²) in [5.41, 5.74) is 2.81. The van der Waals surface area contributed by atoms with Crippen molar-refractivity contribution in [2.75, 3.05) is 20.2 Å². The summed E-state index contributed by atoms with van der Waals surface area (Å²) in [5.74, 6) is 1.65. The fourth-order valence-electron chi connectivity index (χ4n) is 2.15. The minimum atomic E-state index is 0. The van der Waals surface area contributed by atoms with Gasteiger partial charge in [-0.15, -0.1) is 12.4 Å². The Morgan fingerprint density at radius 1 is 1.40 bits per heavy atom. The first-order valence-electron chi connectivity index (χ1n) is 5.16. The quantitative estimate of drug-likeness (QED) is 0.839. The number of hydrogen-bond donors (Lipinski definition) is 1. The number of rotatable bonds is 2. The average Bonchev–Trinajstić information content (AvgIpc) is 2.70. The standard InChI is InChI=1S/C12H17NO.ClH/c1-9-7-11(14-2)3-4-12(9)10-5-6-13-8-10;/h3-4,7,10,13H,5-6,8H2,1-2H3;1H. The predicted octanol–water partition coefficient (Wildman–Crippen LogP) is 2.50. The van der Waals surface area contributed by atoms with Gasteiger partial charge in [0.2, 0.25) is 0 Å². The van der Waals surface area contributed by atoms with Crippen LogP contribution in [0.1, 0.15) is 23.5 Å². The minimum Gasteiger partial charge on any atom is -0.497 e. The van der Waals surface area contributed by atoms with Gasteiger partial charge in [-0.2, -0.15) is 0 Å². The van der Waals surface area contributed by atoms with Gasteiger partial charge >= 0.3 is 0 Å². The Balaban J connectivity index is 0.00000112. The Bertz CT molecular complexity index is 321. The number of nitrogens with one attached hydrogen (secondary N) is 1. The molecule has 0 bridgehead atoms. The zero-order valence-corrected chi connectivity index (χ0v) is 10.1. The first-order valence-corrected chi connectivity index (χ1v) is 5.16. The van der Waals surface area contributed by atoms with Crippen LogP contribution in [0.5, 0.6) is 5.75 Å². The van der Waals surface area contributed by atoms with Crippen molar-refractivity contribution < 1.29 is 4.74 Å². The van der Waals surface area contributed by atoms with E-state index in [1.54, 1.807) is 7.11 Å². The molecule has 0 radical (unpaired) electrons. The third-order valence-corrected chi connectivity index (χ3v) is 2.98. The van der Waals surface area contributed by atoms with Crippen LogP contribution in [-0.4, -0.2) is 20.2 Å². The second-order valence-corrected chi connectivity index (χ2v) is 3.91. The van der Waals surface area contributed by atoms with E-state index in [1.165, 1.54) is 17.5 Å². The van der Waals surface area contributed by atoms with Gasteiger partial charge in [0, 0.05) is 6.54 Å². The van der Waals surface area contributed by atoms with E-state index in [9.17, 15) is 0 Å². The van der Waals surface area contributed by atoms with Crippen molar-refractivity contribution in [2.24, 2.45) is 0 Å². The summed E-state index contributed by atoms with van der Waals surface area (Å²) >= 11 is 0. The number of ether oxygens (including phenoxy) is 1. The predicted molar refractivity (Wildman–Crippen MR) is 65.2 cm³/mol. The summed E-state index contributed by atoms with van der Waals surface area (Å²) in [6.45, 7) is 4.43. The number of benzene rings is 1. The monoisotopic (exact) mass is 227 g/mol. The van der Waals surface area contributed by atoms with Crippen LogP contribution in [0.4, 0.5) is 0 Å². The van der Waals surface area contributed by atoms with Gasteiger partial charge in [0.15, 0.2) is 0 Å². The van der Waals surface area contributed by atoms with Crippen LogP contribution in [0.15, 0.2) is 18.2 Å². The second-order valence-electron chi connectivity index (χ2n) is 3.91. The first-order chi connectivity index (χ1) is 6.81. The van der Waals surface area contributed by atoms with Gasteiger partial charge in [-0.3, -0.25) is 0 Å². The highest BCUT2D eigenvalue weighted by Crippen LogP contribution is 2.27. The zero-order chi connectivity index (χ0) is 9.97. The van der Waals surface area contributed by atoms with Crippen LogP contribution in [0, 0.1) is 6.92 Å². The molecule has 1 unspecified atom stereocenters. The van der Waals surface area contributed by atoms with Crippen LogP contribution in [0.3, 0.4) is 0 Å². The molecular formula is C12H18ClNO. The molecule has 2 nitrogen and oxygen atoms in total. The van der Waals surface area contributed by atoms with Gasteiger partial charge in [-0.05, 0) is 49.1 Å². The Labute approximate surface area is 97.4 Å². The number of methoxy groups -OCH3 is 1. The molecule has 1 aromatic carbocycles. The average molecular weight is 228 g/mol. The van der Waals surface area contributed by atoms with Crippen molar-refractivity contribution >= 4 is 12.4 Å². The SMILES string of the molecule is COc1ccc(C2CCNC2)c(C)c1.Cl. The maximum Gasteiger partial charge on any atom is 0.119 e. The summed E-state index contributed by atoms with van der Waals surface area (Å²) < 4.78 is 5.20. The van der Waals surface area contributed by atoms with Crippen LogP contribution in [0.25, 0.3) is 0 Å². The summed E-state index contributed by atoms with van der Waals surface area (Å²) in [7, 11) is 1.71. The molecule has 2 rings (SSSR count). The van der Waals surface area contributed by atoms with Crippen LogP contribution < -0.4 is 10.1 Å². The maximum absolute atomic E-state index is 5.20. The topological polar surface area (TPSA) is 21.3 Å². The molecule has 84 valence electrons. The second kappa shape index (κ2) is 5.38. The number of hydrogen-bond acceptors (Lipinski definition) is 2. The molecule has 1 heterocycles. The lowest BCUT2D eigenvalue weighted by atomic mass is 9.94. The molecule has 3 heteroatoms. The third kappa shape index (κ3) is 2.64. The normalized spacial score (nSPS) is 19.7. The highest BCUT2D eigenvalue weighted by molar-refractivity contribution is 5.85. The lowest BCUT2D eigenvalue weighted by Crippen LogP contribution is -2.08. The van der Waals surface area contributed by atoms with Gasteiger partial charge in [-0.25, -0.2) is 0 Å².